The van der Waals surface area contributed by atoms with Crippen molar-refractivity contribution in [2.24, 2.45) is 5.73 Å². The maximum absolute atomic E-state index is 12.7. The molecule has 2 N–H and O–H groups in total. The fraction of sp³-hybridized carbons (Fsp3) is 0.267. The number of hydrogen-bond donors (Lipinski definition) is 1. The first-order chi connectivity index (χ1) is 9.98. The molecule has 0 aliphatic heterocycles. The van der Waals surface area contributed by atoms with Gasteiger partial charge in [0.2, 0.25) is 0 Å². The van der Waals surface area contributed by atoms with Gasteiger partial charge < -0.3 is 5.73 Å². The van der Waals surface area contributed by atoms with Gasteiger partial charge in [0.25, 0.3) is 10.0 Å². The van der Waals surface area contributed by atoms with Crippen LogP contribution in [0.2, 0.25) is 0 Å². The third-order valence-corrected chi connectivity index (χ3v) is 5.06. The van der Waals surface area contributed by atoms with Crippen molar-refractivity contribution in [1.29, 1.82) is 0 Å². The summed E-state index contributed by atoms with van der Waals surface area (Å²) >= 11 is 0. The van der Waals surface area contributed by atoms with Crippen LogP contribution in [0.15, 0.2) is 47.5 Å². The Morgan fingerprint density at radius 1 is 1.24 bits per heavy atom. The molecule has 0 radical (unpaired) electrons. The molecule has 5 nitrogen and oxygen atoms in total. The summed E-state index contributed by atoms with van der Waals surface area (Å²) in [6.07, 6.45) is 1.36. The third-order valence-electron chi connectivity index (χ3n) is 3.17. The number of aryl methyl sites for hydroxylation is 1. The third kappa shape index (κ3) is 3.22. The SMILES string of the molecule is CCN(c1cccc(C)c1)S(=O)(=O)c1ccc(CN)nc1. The monoisotopic (exact) mass is 305 g/mol. The molecule has 0 atom stereocenters. The largest absolute Gasteiger partial charge is 0.325 e. The van der Waals surface area contributed by atoms with Crippen LogP contribution in [0.4, 0.5) is 5.69 Å². The van der Waals surface area contributed by atoms with Gasteiger partial charge in [-0.3, -0.25) is 9.29 Å². The van der Waals surface area contributed by atoms with Crippen molar-refractivity contribution in [1.82, 2.24) is 4.98 Å². The summed E-state index contributed by atoms with van der Waals surface area (Å²) < 4.78 is 26.8. The van der Waals surface area contributed by atoms with Gasteiger partial charge in [-0.2, -0.15) is 0 Å². The second-order valence-electron chi connectivity index (χ2n) is 4.70. The zero-order valence-corrected chi connectivity index (χ0v) is 13.0. The molecule has 0 aliphatic carbocycles. The van der Waals surface area contributed by atoms with Gasteiger partial charge in [0, 0.05) is 19.3 Å². The smallest absolute Gasteiger partial charge is 0.265 e. The van der Waals surface area contributed by atoms with Crippen LogP contribution in [0.5, 0.6) is 0 Å². The van der Waals surface area contributed by atoms with E-state index >= 15 is 0 Å². The van der Waals surface area contributed by atoms with Gasteiger partial charge in [-0.15, -0.1) is 0 Å². The molecule has 0 fully saturated rings. The number of anilines is 1. The summed E-state index contributed by atoms with van der Waals surface area (Å²) in [7, 11) is -3.62. The van der Waals surface area contributed by atoms with Gasteiger partial charge in [-0.1, -0.05) is 12.1 Å². The van der Waals surface area contributed by atoms with E-state index in [-0.39, 0.29) is 11.4 Å². The first kappa shape index (κ1) is 15.5. The predicted octanol–water partition coefficient (Wildman–Crippen LogP) is 2.06. The zero-order valence-electron chi connectivity index (χ0n) is 12.2. The highest BCUT2D eigenvalue weighted by Crippen LogP contribution is 2.23. The van der Waals surface area contributed by atoms with E-state index in [1.807, 2.05) is 32.0 Å². The molecule has 1 aromatic heterocycles. The van der Waals surface area contributed by atoms with Crippen LogP contribution in [0, 0.1) is 6.92 Å². The van der Waals surface area contributed by atoms with Gasteiger partial charge in [0.05, 0.1) is 11.4 Å². The fourth-order valence-electron chi connectivity index (χ4n) is 2.09. The lowest BCUT2D eigenvalue weighted by Gasteiger charge is -2.23. The molecular weight excluding hydrogens is 286 g/mol. The van der Waals surface area contributed by atoms with Crippen molar-refractivity contribution in [2.45, 2.75) is 25.3 Å². The van der Waals surface area contributed by atoms with Crippen LogP contribution in [-0.4, -0.2) is 19.9 Å². The molecule has 0 bridgehead atoms. The number of benzene rings is 1. The van der Waals surface area contributed by atoms with Crippen molar-refractivity contribution in [3.05, 3.63) is 53.9 Å². The van der Waals surface area contributed by atoms with Gasteiger partial charge >= 0.3 is 0 Å². The number of nitrogens with zero attached hydrogens (tertiary/aromatic N) is 2. The molecule has 1 heterocycles. The summed E-state index contributed by atoms with van der Waals surface area (Å²) in [5.41, 5.74) is 7.80. The van der Waals surface area contributed by atoms with E-state index < -0.39 is 10.0 Å². The number of rotatable bonds is 5. The molecule has 21 heavy (non-hydrogen) atoms. The molecule has 0 aliphatic rings. The minimum atomic E-state index is -3.62. The Morgan fingerprint density at radius 3 is 2.52 bits per heavy atom. The Kier molecular flexibility index (Phi) is 4.59. The number of hydrogen-bond acceptors (Lipinski definition) is 4. The van der Waals surface area contributed by atoms with Gasteiger partial charge in [-0.05, 0) is 43.7 Å². The zero-order chi connectivity index (χ0) is 15.5. The fourth-order valence-corrected chi connectivity index (χ4v) is 3.50. The molecule has 0 amide bonds. The van der Waals surface area contributed by atoms with Crippen LogP contribution in [0.3, 0.4) is 0 Å². The maximum Gasteiger partial charge on any atom is 0.265 e. The maximum atomic E-state index is 12.7. The molecule has 6 heteroatoms. The van der Waals surface area contributed by atoms with Crippen molar-refractivity contribution in [3.63, 3.8) is 0 Å². The standard InChI is InChI=1S/C15H19N3O2S/c1-3-18(14-6-4-5-12(2)9-14)21(19,20)15-8-7-13(10-16)17-11-15/h4-9,11H,3,10,16H2,1-2H3. The van der Waals surface area contributed by atoms with Crippen LogP contribution >= 0.6 is 0 Å². The second-order valence-corrected chi connectivity index (χ2v) is 6.56. The molecule has 0 unspecified atom stereocenters. The van der Waals surface area contributed by atoms with Gasteiger partial charge in [0.15, 0.2) is 0 Å². The Labute approximate surface area is 125 Å². The normalized spacial score (nSPS) is 11.4. The summed E-state index contributed by atoms with van der Waals surface area (Å²) in [4.78, 5) is 4.23. The minimum Gasteiger partial charge on any atom is -0.325 e. The van der Waals surface area contributed by atoms with E-state index in [4.69, 9.17) is 5.73 Å². The number of pyridine rings is 1. The highest BCUT2D eigenvalue weighted by molar-refractivity contribution is 7.92. The summed E-state index contributed by atoms with van der Waals surface area (Å²) in [6, 6.07) is 10.6. The van der Waals surface area contributed by atoms with E-state index in [2.05, 4.69) is 4.98 Å². The second kappa shape index (κ2) is 6.24. The van der Waals surface area contributed by atoms with Crippen molar-refractivity contribution in [3.8, 4) is 0 Å². The summed E-state index contributed by atoms with van der Waals surface area (Å²) in [5, 5.41) is 0. The van der Waals surface area contributed by atoms with Crippen LogP contribution in [0.25, 0.3) is 0 Å². The Balaban J connectivity index is 2.44. The number of nitrogens with two attached hydrogens (primary N) is 1. The Bertz CT molecular complexity index is 712. The molecule has 0 saturated heterocycles. The average Bonchev–Trinajstić information content (AvgIpc) is 2.48. The van der Waals surface area contributed by atoms with Crippen LogP contribution in [0.1, 0.15) is 18.2 Å². The first-order valence-electron chi connectivity index (χ1n) is 6.73. The topological polar surface area (TPSA) is 76.3 Å². The minimum absolute atomic E-state index is 0.169. The van der Waals surface area contributed by atoms with Gasteiger partial charge in [0.1, 0.15) is 4.90 Å². The van der Waals surface area contributed by atoms with E-state index in [1.165, 1.54) is 10.5 Å². The van der Waals surface area contributed by atoms with E-state index in [1.54, 1.807) is 18.2 Å². The highest BCUT2D eigenvalue weighted by atomic mass is 32.2. The molecule has 1 aromatic carbocycles. The highest BCUT2D eigenvalue weighted by Gasteiger charge is 2.23. The number of sulfonamides is 1. The van der Waals surface area contributed by atoms with E-state index in [0.717, 1.165) is 5.56 Å². The van der Waals surface area contributed by atoms with E-state index in [0.29, 0.717) is 17.9 Å². The molecule has 2 aromatic rings. The Hall–Kier alpha value is -1.92. The van der Waals surface area contributed by atoms with Crippen molar-refractivity contribution in [2.75, 3.05) is 10.8 Å². The van der Waals surface area contributed by atoms with E-state index in [9.17, 15) is 8.42 Å². The van der Waals surface area contributed by atoms with Crippen molar-refractivity contribution < 1.29 is 8.42 Å². The summed E-state index contributed by atoms with van der Waals surface area (Å²) in [6.45, 7) is 4.38. The molecule has 0 saturated carbocycles. The predicted molar refractivity (Wildman–Crippen MR) is 83.5 cm³/mol. The molecule has 112 valence electrons. The lowest BCUT2D eigenvalue weighted by molar-refractivity contribution is 0.591. The first-order valence-corrected chi connectivity index (χ1v) is 8.17. The number of aromatic nitrogens is 1. The molecule has 2 rings (SSSR count). The molecular formula is C15H19N3O2S. The van der Waals surface area contributed by atoms with Crippen LogP contribution in [-0.2, 0) is 16.6 Å². The summed E-state index contributed by atoms with van der Waals surface area (Å²) in [5.74, 6) is 0. The van der Waals surface area contributed by atoms with Crippen molar-refractivity contribution >= 4 is 15.7 Å². The average molecular weight is 305 g/mol. The van der Waals surface area contributed by atoms with Crippen LogP contribution < -0.4 is 10.0 Å². The lowest BCUT2D eigenvalue weighted by Crippen LogP contribution is -2.31. The lowest BCUT2D eigenvalue weighted by atomic mass is 10.2. The quantitative estimate of drug-likeness (QED) is 0.917. The Morgan fingerprint density at radius 2 is 2.00 bits per heavy atom. The van der Waals surface area contributed by atoms with Gasteiger partial charge in [-0.25, -0.2) is 8.42 Å². The molecule has 0 spiro atoms.